The number of carbonyl (C=O) groups is 1. The van der Waals surface area contributed by atoms with Gasteiger partial charge in [0.15, 0.2) is 5.76 Å². The molecule has 3 aromatic rings. The quantitative estimate of drug-likeness (QED) is 0.382. The van der Waals surface area contributed by atoms with Gasteiger partial charge in [-0.3, -0.25) is 10.0 Å². The van der Waals surface area contributed by atoms with Crippen molar-refractivity contribution < 1.29 is 27.7 Å². The van der Waals surface area contributed by atoms with Crippen molar-refractivity contribution in [3.8, 4) is 17.1 Å². The van der Waals surface area contributed by atoms with Crippen LogP contribution in [0, 0.1) is 0 Å². The topological polar surface area (TPSA) is 122 Å². The molecular formula is C23H25N3O6S. The average molecular weight is 472 g/mol. The Morgan fingerprint density at radius 3 is 2.48 bits per heavy atom. The number of rotatable bonds is 8. The smallest absolute Gasteiger partial charge is 0.245 e. The summed E-state index contributed by atoms with van der Waals surface area (Å²) >= 11 is 0. The number of sulfonamides is 1. The summed E-state index contributed by atoms with van der Waals surface area (Å²) in [5.41, 5.74) is 2.82. The van der Waals surface area contributed by atoms with E-state index in [2.05, 4.69) is 5.16 Å². The molecule has 1 fully saturated rings. The number of nitrogens with zero attached hydrogens (tertiary/aromatic N) is 2. The molecule has 1 amide bonds. The summed E-state index contributed by atoms with van der Waals surface area (Å²) in [5.74, 6) is 0.491. The van der Waals surface area contributed by atoms with Gasteiger partial charge in [-0.2, -0.15) is 0 Å². The van der Waals surface area contributed by atoms with Crippen molar-refractivity contribution in [1.29, 1.82) is 0 Å². The van der Waals surface area contributed by atoms with E-state index in [0.717, 1.165) is 5.56 Å². The van der Waals surface area contributed by atoms with Crippen molar-refractivity contribution >= 4 is 15.9 Å². The molecule has 1 atom stereocenters. The van der Waals surface area contributed by atoms with Gasteiger partial charge in [-0.1, -0.05) is 47.6 Å². The normalized spacial score (nSPS) is 16.3. The number of benzene rings is 2. The van der Waals surface area contributed by atoms with Gasteiger partial charge >= 0.3 is 0 Å². The van der Waals surface area contributed by atoms with Crippen LogP contribution in [0.2, 0.25) is 0 Å². The molecular weight excluding hydrogens is 446 g/mol. The van der Waals surface area contributed by atoms with Gasteiger partial charge in [-0.25, -0.2) is 18.2 Å². The standard InChI is InChI=1S/C23H25N3O6S/c27-23(25-28)16-22(17-6-2-1-3-7-17)33(29,30)26-14-11-18(12-15-26)31-20-9-5-4-8-19(20)21-10-13-24-32-21/h1-10,13,18,22,28H,11-12,14-16H2,(H,25,27)/t22-/m1/s1. The van der Waals surface area contributed by atoms with Crippen LogP contribution in [0.3, 0.4) is 0 Å². The van der Waals surface area contributed by atoms with E-state index in [0.29, 0.717) is 29.9 Å². The molecule has 0 unspecified atom stereocenters. The van der Waals surface area contributed by atoms with Crippen LogP contribution in [0.15, 0.2) is 71.4 Å². The molecule has 2 N–H and O–H groups in total. The second-order valence-electron chi connectivity index (χ2n) is 7.77. The number of hydroxylamine groups is 1. The number of aromatic nitrogens is 1. The van der Waals surface area contributed by atoms with Crippen molar-refractivity contribution in [1.82, 2.24) is 14.9 Å². The molecule has 1 saturated heterocycles. The minimum absolute atomic E-state index is 0.170. The molecule has 1 aromatic heterocycles. The minimum Gasteiger partial charge on any atom is -0.490 e. The van der Waals surface area contributed by atoms with E-state index in [-0.39, 0.29) is 25.6 Å². The summed E-state index contributed by atoms with van der Waals surface area (Å²) in [7, 11) is -3.84. The second-order valence-corrected chi connectivity index (χ2v) is 9.89. The molecule has 1 aliphatic heterocycles. The first-order chi connectivity index (χ1) is 16.0. The van der Waals surface area contributed by atoms with E-state index in [1.807, 2.05) is 24.3 Å². The maximum Gasteiger partial charge on any atom is 0.245 e. The van der Waals surface area contributed by atoms with E-state index in [4.69, 9.17) is 14.5 Å². The fourth-order valence-corrected chi connectivity index (χ4v) is 5.91. The zero-order valence-corrected chi connectivity index (χ0v) is 18.6. The Labute approximate surface area is 192 Å². The molecule has 0 bridgehead atoms. The van der Waals surface area contributed by atoms with Crippen LogP contribution in [0.5, 0.6) is 5.75 Å². The van der Waals surface area contributed by atoms with Crippen molar-refractivity contribution in [3.63, 3.8) is 0 Å². The molecule has 4 rings (SSSR count). The van der Waals surface area contributed by atoms with Crippen LogP contribution in [0.4, 0.5) is 0 Å². The highest BCUT2D eigenvalue weighted by atomic mass is 32.2. The first-order valence-electron chi connectivity index (χ1n) is 10.6. The van der Waals surface area contributed by atoms with Gasteiger partial charge in [0.1, 0.15) is 17.1 Å². The summed E-state index contributed by atoms with van der Waals surface area (Å²) in [6.45, 7) is 0.531. The Morgan fingerprint density at radius 1 is 1.12 bits per heavy atom. The van der Waals surface area contributed by atoms with Crippen molar-refractivity contribution in [2.45, 2.75) is 30.6 Å². The molecule has 0 spiro atoms. The number of carbonyl (C=O) groups excluding carboxylic acids is 1. The first-order valence-corrected chi connectivity index (χ1v) is 12.1. The van der Waals surface area contributed by atoms with Crippen molar-refractivity contribution in [2.24, 2.45) is 0 Å². The second kappa shape index (κ2) is 10.2. The lowest BCUT2D eigenvalue weighted by Gasteiger charge is -2.34. The van der Waals surface area contributed by atoms with Crippen LogP contribution in [0.1, 0.15) is 30.1 Å². The number of nitrogens with one attached hydrogen (secondary N) is 1. The fraction of sp³-hybridized carbons (Fsp3) is 0.304. The molecule has 0 radical (unpaired) electrons. The van der Waals surface area contributed by atoms with Gasteiger partial charge in [0.2, 0.25) is 15.9 Å². The lowest BCUT2D eigenvalue weighted by atomic mass is 10.1. The van der Waals surface area contributed by atoms with Crippen LogP contribution in [-0.2, 0) is 14.8 Å². The maximum absolute atomic E-state index is 13.4. The van der Waals surface area contributed by atoms with E-state index >= 15 is 0 Å². The third kappa shape index (κ3) is 5.24. The number of hydrogen-bond acceptors (Lipinski definition) is 7. The van der Waals surface area contributed by atoms with Crippen LogP contribution >= 0.6 is 0 Å². The van der Waals surface area contributed by atoms with Crippen LogP contribution < -0.4 is 10.2 Å². The third-order valence-electron chi connectivity index (χ3n) is 5.67. The average Bonchev–Trinajstić information content (AvgIpc) is 3.38. The van der Waals surface area contributed by atoms with E-state index in [1.54, 1.807) is 42.6 Å². The first kappa shape index (κ1) is 23.0. The number of piperidine rings is 1. The highest BCUT2D eigenvalue weighted by molar-refractivity contribution is 7.89. The number of para-hydroxylation sites is 1. The Balaban J connectivity index is 1.46. The Hall–Kier alpha value is -3.21. The lowest BCUT2D eigenvalue weighted by molar-refractivity contribution is -0.129. The van der Waals surface area contributed by atoms with Crippen molar-refractivity contribution in [2.75, 3.05) is 13.1 Å². The van der Waals surface area contributed by atoms with Gasteiger partial charge in [0.05, 0.1) is 18.2 Å². The zero-order valence-electron chi connectivity index (χ0n) is 17.8. The van der Waals surface area contributed by atoms with Gasteiger partial charge < -0.3 is 9.26 Å². The van der Waals surface area contributed by atoms with Gasteiger partial charge in [-0.15, -0.1) is 0 Å². The molecule has 2 aromatic carbocycles. The maximum atomic E-state index is 13.4. The fourth-order valence-electron chi connectivity index (χ4n) is 3.97. The summed E-state index contributed by atoms with van der Waals surface area (Å²) < 4.78 is 39.7. The van der Waals surface area contributed by atoms with Crippen LogP contribution in [0.25, 0.3) is 11.3 Å². The molecule has 1 aliphatic rings. The predicted molar refractivity (Wildman–Crippen MR) is 120 cm³/mol. The number of ether oxygens (including phenoxy) is 1. The lowest BCUT2D eigenvalue weighted by Crippen LogP contribution is -2.44. The van der Waals surface area contributed by atoms with Crippen LogP contribution in [-0.4, -0.2) is 48.2 Å². The summed E-state index contributed by atoms with van der Waals surface area (Å²) in [6.07, 6.45) is 2.02. The Bertz CT molecular complexity index is 1160. The van der Waals surface area contributed by atoms with Crippen molar-refractivity contribution in [3.05, 3.63) is 72.4 Å². The molecule has 174 valence electrons. The number of amides is 1. The Kier molecular flexibility index (Phi) is 7.07. The van der Waals surface area contributed by atoms with Gasteiger partial charge in [-0.05, 0) is 30.5 Å². The third-order valence-corrected chi connectivity index (χ3v) is 7.91. The molecule has 0 saturated carbocycles. The number of hydrogen-bond donors (Lipinski definition) is 2. The predicted octanol–water partition coefficient (Wildman–Crippen LogP) is 3.15. The zero-order chi connectivity index (χ0) is 23.3. The van der Waals surface area contributed by atoms with E-state index in [9.17, 15) is 13.2 Å². The monoisotopic (exact) mass is 471 g/mol. The molecule has 2 heterocycles. The highest BCUT2D eigenvalue weighted by Gasteiger charge is 2.37. The molecule has 10 heteroatoms. The molecule has 33 heavy (non-hydrogen) atoms. The summed E-state index contributed by atoms with van der Waals surface area (Å²) in [4.78, 5) is 11.8. The van der Waals surface area contributed by atoms with E-state index < -0.39 is 21.2 Å². The SMILES string of the molecule is O=C(C[C@H](c1ccccc1)S(=O)(=O)N1CCC(Oc2ccccc2-c2ccno2)CC1)NO. The Morgan fingerprint density at radius 2 is 1.82 bits per heavy atom. The largest absolute Gasteiger partial charge is 0.490 e. The van der Waals surface area contributed by atoms with Gasteiger partial charge in [0, 0.05) is 19.2 Å². The highest BCUT2D eigenvalue weighted by Crippen LogP contribution is 2.34. The summed E-state index contributed by atoms with van der Waals surface area (Å²) in [6, 6.07) is 17.8. The van der Waals surface area contributed by atoms with E-state index in [1.165, 1.54) is 9.79 Å². The van der Waals surface area contributed by atoms with Gasteiger partial charge in [0.25, 0.3) is 0 Å². The molecule has 0 aliphatic carbocycles. The summed E-state index contributed by atoms with van der Waals surface area (Å²) in [5, 5.41) is 11.6. The minimum atomic E-state index is -3.84. The molecule has 9 nitrogen and oxygen atoms in total.